The third-order valence-electron chi connectivity index (χ3n) is 0.354. The molecule has 0 unspecified atom stereocenters. The summed E-state index contributed by atoms with van der Waals surface area (Å²) >= 11 is 0. The SMILES string of the molecule is CNCNC. The third-order valence-corrected chi connectivity index (χ3v) is 0.354. The Morgan fingerprint density at radius 2 is 1.60 bits per heavy atom. The fraction of sp³-hybridized carbons (Fsp3) is 1.00. The van der Waals surface area contributed by atoms with Crippen molar-refractivity contribution in [3.8, 4) is 0 Å². The number of rotatable bonds is 2. The predicted molar refractivity (Wildman–Crippen MR) is 23.0 cm³/mol. The lowest BCUT2D eigenvalue weighted by atomic mass is 11.0. The Labute approximate surface area is 32.6 Å². The van der Waals surface area contributed by atoms with E-state index < -0.39 is 0 Å². The van der Waals surface area contributed by atoms with E-state index in [1.54, 1.807) is 0 Å². The first-order valence-corrected chi connectivity index (χ1v) is 1.71. The van der Waals surface area contributed by atoms with Crippen molar-refractivity contribution in [1.82, 2.24) is 10.6 Å². The van der Waals surface area contributed by atoms with E-state index >= 15 is 0 Å². The van der Waals surface area contributed by atoms with Crippen LogP contribution in [0.15, 0.2) is 0 Å². The van der Waals surface area contributed by atoms with Crippen molar-refractivity contribution in [3.63, 3.8) is 0 Å². The zero-order valence-electron chi connectivity index (χ0n) is 3.71. The fourth-order valence-electron chi connectivity index (χ4n) is 0.177. The van der Waals surface area contributed by atoms with Gasteiger partial charge in [0, 0.05) is 6.67 Å². The van der Waals surface area contributed by atoms with E-state index in [4.69, 9.17) is 0 Å². The van der Waals surface area contributed by atoms with Gasteiger partial charge in [0.05, 0.1) is 0 Å². The molecule has 0 amide bonds. The molecule has 0 radical (unpaired) electrons. The Kier molecular flexibility index (Phi) is 3.86. The summed E-state index contributed by atoms with van der Waals surface area (Å²) < 4.78 is 0. The van der Waals surface area contributed by atoms with Crippen molar-refractivity contribution in [2.45, 2.75) is 0 Å². The van der Waals surface area contributed by atoms with Crippen molar-refractivity contribution in [1.29, 1.82) is 0 Å². The van der Waals surface area contributed by atoms with E-state index in [-0.39, 0.29) is 0 Å². The molecule has 32 valence electrons. The van der Waals surface area contributed by atoms with Gasteiger partial charge >= 0.3 is 0 Å². The third kappa shape index (κ3) is 3.92. The Bertz CT molecular complexity index is 12.4. The molecule has 0 aliphatic carbocycles. The average Bonchev–Trinajstić information content (AvgIpc) is 1.41. The molecule has 0 rings (SSSR count). The molecule has 0 fully saturated rings. The first-order chi connectivity index (χ1) is 2.41. The Balaban J connectivity index is 2.19. The molecule has 0 bridgehead atoms. The highest BCUT2D eigenvalue weighted by atomic mass is 15.0. The highest BCUT2D eigenvalue weighted by Gasteiger charge is 1.60. The van der Waals surface area contributed by atoms with Crippen LogP contribution in [0.25, 0.3) is 0 Å². The average molecular weight is 74.1 g/mol. The van der Waals surface area contributed by atoms with Crippen LogP contribution in [-0.4, -0.2) is 20.8 Å². The maximum atomic E-state index is 2.91. The minimum Gasteiger partial charge on any atom is -0.308 e. The van der Waals surface area contributed by atoms with E-state index in [0.29, 0.717) is 0 Å². The molecule has 2 nitrogen and oxygen atoms in total. The standard InChI is InChI=1S/C3H10N2/c1-4-3-5-2/h4-5H,3H2,1-2H3. The van der Waals surface area contributed by atoms with E-state index in [1.807, 2.05) is 14.1 Å². The first-order valence-electron chi connectivity index (χ1n) is 1.71. The van der Waals surface area contributed by atoms with Crippen molar-refractivity contribution in [3.05, 3.63) is 0 Å². The zero-order valence-corrected chi connectivity index (χ0v) is 3.71. The van der Waals surface area contributed by atoms with E-state index in [0.717, 1.165) is 6.67 Å². The summed E-state index contributed by atoms with van der Waals surface area (Å²) in [4.78, 5) is 0. The second-order valence-corrected chi connectivity index (χ2v) is 0.884. The van der Waals surface area contributed by atoms with Crippen molar-refractivity contribution >= 4 is 0 Å². The molecule has 2 N–H and O–H groups in total. The molecule has 0 saturated carbocycles. The van der Waals surface area contributed by atoms with Crippen molar-refractivity contribution in [2.24, 2.45) is 0 Å². The molecule has 5 heavy (non-hydrogen) atoms. The van der Waals surface area contributed by atoms with Gasteiger partial charge < -0.3 is 10.6 Å². The van der Waals surface area contributed by atoms with Crippen molar-refractivity contribution in [2.75, 3.05) is 20.8 Å². The Morgan fingerprint density at radius 3 is 1.60 bits per heavy atom. The van der Waals surface area contributed by atoms with Gasteiger partial charge in [-0.25, -0.2) is 0 Å². The van der Waals surface area contributed by atoms with Crippen LogP contribution in [0.5, 0.6) is 0 Å². The highest BCUT2D eigenvalue weighted by molar-refractivity contribution is 4.22. The predicted octanol–water partition coefficient (Wildman–Crippen LogP) is -0.617. The van der Waals surface area contributed by atoms with Crippen LogP contribution in [0.1, 0.15) is 0 Å². The van der Waals surface area contributed by atoms with Crippen LogP contribution in [0.4, 0.5) is 0 Å². The lowest BCUT2D eigenvalue weighted by Crippen LogP contribution is -2.21. The van der Waals surface area contributed by atoms with Gasteiger partial charge in [-0.2, -0.15) is 0 Å². The molecule has 0 aliphatic heterocycles. The topological polar surface area (TPSA) is 24.1 Å². The molecule has 0 spiro atoms. The molecule has 2 heteroatoms. The van der Waals surface area contributed by atoms with Gasteiger partial charge in [0.1, 0.15) is 0 Å². The maximum Gasteiger partial charge on any atom is 0.0449 e. The smallest absolute Gasteiger partial charge is 0.0449 e. The van der Waals surface area contributed by atoms with Gasteiger partial charge in [0.15, 0.2) is 0 Å². The van der Waals surface area contributed by atoms with Crippen LogP contribution in [0.2, 0.25) is 0 Å². The summed E-state index contributed by atoms with van der Waals surface area (Å²) in [6, 6.07) is 0. The van der Waals surface area contributed by atoms with Gasteiger partial charge in [-0.15, -0.1) is 0 Å². The monoisotopic (exact) mass is 74.1 g/mol. The maximum absolute atomic E-state index is 2.91. The zero-order chi connectivity index (χ0) is 4.12. The summed E-state index contributed by atoms with van der Waals surface area (Å²) in [6.45, 7) is 0.889. The number of nitrogens with one attached hydrogen (secondary N) is 2. The van der Waals surface area contributed by atoms with E-state index in [9.17, 15) is 0 Å². The highest BCUT2D eigenvalue weighted by Crippen LogP contribution is 1.30. The van der Waals surface area contributed by atoms with Gasteiger partial charge in [0.2, 0.25) is 0 Å². The number of hydrogen-bond donors (Lipinski definition) is 2. The van der Waals surface area contributed by atoms with Crippen molar-refractivity contribution < 1.29 is 0 Å². The minimum absolute atomic E-state index is 0.889. The summed E-state index contributed by atoms with van der Waals surface area (Å²) in [5.74, 6) is 0. The Hall–Kier alpha value is -0.0800. The van der Waals surface area contributed by atoms with Crippen LogP contribution in [0, 0.1) is 0 Å². The lowest BCUT2D eigenvalue weighted by molar-refractivity contribution is 0.708. The van der Waals surface area contributed by atoms with Gasteiger partial charge in [-0.05, 0) is 14.1 Å². The van der Waals surface area contributed by atoms with Crippen LogP contribution in [0.3, 0.4) is 0 Å². The summed E-state index contributed by atoms with van der Waals surface area (Å²) in [7, 11) is 3.80. The van der Waals surface area contributed by atoms with Crippen LogP contribution in [-0.2, 0) is 0 Å². The molecule has 0 aromatic rings. The number of hydrogen-bond acceptors (Lipinski definition) is 2. The molecule has 0 aliphatic rings. The fourth-order valence-corrected chi connectivity index (χ4v) is 0.177. The van der Waals surface area contributed by atoms with Gasteiger partial charge in [-0.3, -0.25) is 0 Å². The molecular formula is C3H10N2. The molecule has 0 atom stereocenters. The summed E-state index contributed by atoms with van der Waals surface area (Å²) in [6.07, 6.45) is 0. The van der Waals surface area contributed by atoms with E-state index in [2.05, 4.69) is 10.6 Å². The molecule has 0 saturated heterocycles. The molecule has 0 heterocycles. The second-order valence-electron chi connectivity index (χ2n) is 0.884. The van der Waals surface area contributed by atoms with Gasteiger partial charge in [-0.1, -0.05) is 0 Å². The molecule has 0 aromatic heterocycles. The first kappa shape index (κ1) is 4.92. The second kappa shape index (κ2) is 3.92. The Morgan fingerprint density at radius 1 is 1.20 bits per heavy atom. The largest absolute Gasteiger partial charge is 0.308 e. The minimum atomic E-state index is 0.889. The summed E-state index contributed by atoms with van der Waals surface area (Å²) in [5, 5.41) is 5.81. The van der Waals surface area contributed by atoms with E-state index in [1.165, 1.54) is 0 Å². The van der Waals surface area contributed by atoms with Crippen LogP contribution >= 0.6 is 0 Å². The summed E-state index contributed by atoms with van der Waals surface area (Å²) in [5.41, 5.74) is 0. The quantitative estimate of drug-likeness (QED) is 0.427. The van der Waals surface area contributed by atoms with Crippen LogP contribution < -0.4 is 10.6 Å². The lowest BCUT2D eigenvalue weighted by Gasteiger charge is -1.88. The molecular weight excluding hydrogens is 64.0 g/mol. The molecule has 0 aromatic carbocycles. The van der Waals surface area contributed by atoms with Gasteiger partial charge in [0.25, 0.3) is 0 Å². The normalized spacial score (nSPS) is 8.40.